The van der Waals surface area contributed by atoms with Crippen LogP contribution in [-0.4, -0.2) is 36.1 Å². The van der Waals surface area contributed by atoms with Crippen LogP contribution in [0.25, 0.3) is 0 Å². The van der Waals surface area contributed by atoms with Gasteiger partial charge in [0.15, 0.2) is 0 Å². The fourth-order valence-electron chi connectivity index (χ4n) is 3.17. The number of nitrogens with zero attached hydrogens (tertiary/aromatic N) is 1. The van der Waals surface area contributed by atoms with Crippen molar-refractivity contribution in [2.45, 2.75) is 78.3 Å². The van der Waals surface area contributed by atoms with Crippen molar-refractivity contribution in [1.82, 2.24) is 10.2 Å². The van der Waals surface area contributed by atoms with Gasteiger partial charge in [-0.05, 0) is 31.7 Å². The molecule has 1 rings (SSSR count). The summed E-state index contributed by atoms with van der Waals surface area (Å²) in [6.07, 6.45) is 6.44. The minimum atomic E-state index is 0.373. The summed E-state index contributed by atoms with van der Waals surface area (Å²) in [6, 6.07) is 0.743. The standard InChI is InChI=1S/C16H34N2/c1-6-10-11-18-13-16(8-3,9-4)17-12-15(18)14(5)7-2/h14-15,17H,6-13H2,1-5H3. The van der Waals surface area contributed by atoms with Gasteiger partial charge in [-0.2, -0.15) is 0 Å². The van der Waals surface area contributed by atoms with Gasteiger partial charge >= 0.3 is 0 Å². The molecule has 1 fully saturated rings. The molecule has 0 spiro atoms. The second-order valence-electron chi connectivity index (χ2n) is 6.15. The van der Waals surface area contributed by atoms with Gasteiger partial charge < -0.3 is 5.32 Å². The zero-order valence-electron chi connectivity index (χ0n) is 13.3. The summed E-state index contributed by atoms with van der Waals surface area (Å²) in [6.45, 7) is 15.4. The fraction of sp³-hybridized carbons (Fsp3) is 1.00. The quantitative estimate of drug-likeness (QED) is 0.746. The first-order valence-electron chi connectivity index (χ1n) is 8.11. The van der Waals surface area contributed by atoms with Crippen molar-refractivity contribution in [1.29, 1.82) is 0 Å². The van der Waals surface area contributed by atoms with Crippen LogP contribution in [0.4, 0.5) is 0 Å². The molecule has 1 aliphatic rings. The van der Waals surface area contributed by atoms with E-state index >= 15 is 0 Å². The van der Waals surface area contributed by atoms with Gasteiger partial charge in [-0.1, -0.05) is 47.5 Å². The van der Waals surface area contributed by atoms with Gasteiger partial charge in [0.05, 0.1) is 0 Å². The number of rotatable bonds is 7. The minimum Gasteiger partial charge on any atom is -0.308 e. The Labute approximate surface area is 115 Å². The van der Waals surface area contributed by atoms with Crippen LogP contribution < -0.4 is 5.32 Å². The van der Waals surface area contributed by atoms with Crippen molar-refractivity contribution in [2.75, 3.05) is 19.6 Å². The average Bonchev–Trinajstić information content (AvgIpc) is 2.43. The Morgan fingerprint density at radius 1 is 1.22 bits per heavy atom. The van der Waals surface area contributed by atoms with Crippen LogP contribution >= 0.6 is 0 Å². The number of piperazine rings is 1. The summed E-state index contributed by atoms with van der Waals surface area (Å²) in [4.78, 5) is 2.78. The highest BCUT2D eigenvalue weighted by molar-refractivity contribution is 4.97. The van der Waals surface area contributed by atoms with Gasteiger partial charge in [0, 0.05) is 24.7 Å². The first-order valence-corrected chi connectivity index (χ1v) is 8.11. The molecule has 0 radical (unpaired) electrons. The molecule has 1 N–H and O–H groups in total. The molecular weight excluding hydrogens is 220 g/mol. The lowest BCUT2D eigenvalue weighted by Crippen LogP contribution is -2.65. The van der Waals surface area contributed by atoms with E-state index in [4.69, 9.17) is 0 Å². The summed E-state index contributed by atoms with van der Waals surface area (Å²) < 4.78 is 0. The average molecular weight is 254 g/mol. The van der Waals surface area contributed by atoms with E-state index < -0.39 is 0 Å². The van der Waals surface area contributed by atoms with Crippen molar-refractivity contribution < 1.29 is 0 Å². The lowest BCUT2D eigenvalue weighted by molar-refractivity contribution is 0.0447. The Morgan fingerprint density at radius 3 is 2.39 bits per heavy atom. The van der Waals surface area contributed by atoms with E-state index in [1.165, 1.54) is 51.7 Å². The van der Waals surface area contributed by atoms with Crippen LogP contribution in [0.5, 0.6) is 0 Å². The number of unbranched alkanes of at least 4 members (excludes halogenated alkanes) is 1. The zero-order valence-corrected chi connectivity index (χ0v) is 13.3. The maximum absolute atomic E-state index is 3.86. The Bertz CT molecular complexity index is 223. The highest BCUT2D eigenvalue weighted by Crippen LogP contribution is 2.26. The monoisotopic (exact) mass is 254 g/mol. The third kappa shape index (κ3) is 3.71. The number of hydrogen-bond donors (Lipinski definition) is 1. The number of hydrogen-bond acceptors (Lipinski definition) is 2. The highest BCUT2D eigenvalue weighted by Gasteiger charge is 2.37. The Hall–Kier alpha value is -0.0800. The first kappa shape index (κ1) is 16.0. The highest BCUT2D eigenvalue weighted by atomic mass is 15.3. The number of nitrogens with one attached hydrogen (secondary N) is 1. The molecule has 2 heteroatoms. The van der Waals surface area contributed by atoms with Crippen LogP contribution in [0.1, 0.15) is 66.7 Å². The second-order valence-corrected chi connectivity index (χ2v) is 6.15. The SMILES string of the molecule is CCCCN1CC(CC)(CC)NCC1C(C)CC. The molecular formula is C16H34N2. The summed E-state index contributed by atoms with van der Waals surface area (Å²) in [5.74, 6) is 0.807. The van der Waals surface area contributed by atoms with Gasteiger partial charge in [0.2, 0.25) is 0 Å². The Balaban J connectivity index is 2.71. The van der Waals surface area contributed by atoms with Crippen LogP contribution in [-0.2, 0) is 0 Å². The van der Waals surface area contributed by atoms with Crippen molar-refractivity contribution in [3.8, 4) is 0 Å². The molecule has 1 aliphatic heterocycles. The van der Waals surface area contributed by atoms with Gasteiger partial charge in [0.1, 0.15) is 0 Å². The molecule has 108 valence electrons. The van der Waals surface area contributed by atoms with E-state index in [0.29, 0.717) is 5.54 Å². The van der Waals surface area contributed by atoms with Gasteiger partial charge in [-0.15, -0.1) is 0 Å². The summed E-state index contributed by atoms with van der Waals surface area (Å²) in [5, 5.41) is 3.86. The predicted octanol–water partition coefficient (Wildman–Crippen LogP) is 3.67. The molecule has 0 aromatic carbocycles. The van der Waals surface area contributed by atoms with E-state index in [9.17, 15) is 0 Å². The second kappa shape index (κ2) is 7.49. The Morgan fingerprint density at radius 2 is 1.89 bits per heavy atom. The molecule has 1 heterocycles. The molecule has 0 amide bonds. The molecule has 1 saturated heterocycles. The molecule has 0 aromatic rings. The van der Waals surface area contributed by atoms with Crippen molar-refractivity contribution in [3.63, 3.8) is 0 Å². The van der Waals surface area contributed by atoms with Crippen molar-refractivity contribution >= 4 is 0 Å². The molecule has 2 atom stereocenters. The third-order valence-corrected chi connectivity index (χ3v) is 5.11. The van der Waals surface area contributed by atoms with Crippen LogP contribution in [0.15, 0.2) is 0 Å². The van der Waals surface area contributed by atoms with Crippen LogP contribution in [0.2, 0.25) is 0 Å². The molecule has 0 bridgehead atoms. The lowest BCUT2D eigenvalue weighted by Gasteiger charge is -2.49. The van der Waals surface area contributed by atoms with Gasteiger partial charge in [-0.25, -0.2) is 0 Å². The van der Waals surface area contributed by atoms with E-state index in [0.717, 1.165) is 12.0 Å². The summed E-state index contributed by atoms with van der Waals surface area (Å²) in [5.41, 5.74) is 0.373. The minimum absolute atomic E-state index is 0.373. The summed E-state index contributed by atoms with van der Waals surface area (Å²) >= 11 is 0. The first-order chi connectivity index (χ1) is 8.62. The molecule has 2 unspecified atom stereocenters. The van der Waals surface area contributed by atoms with Crippen LogP contribution in [0, 0.1) is 5.92 Å². The molecule has 0 aliphatic carbocycles. The van der Waals surface area contributed by atoms with Crippen molar-refractivity contribution in [3.05, 3.63) is 0 Å². The maximum Gasteiger partial charge on any atom is 0.0304 e. The van der Waals surface area contributed by atoms with Crippen molar-refractivity contribution in [2.24, 2.45) is 5.92 Å². The summed E-state index contributed by atoms with van der Waals surface area (Å²) in [7, 11) is 0. The Kier molecular flexibility index (Phi) is 6.65. The van der Waals surface area contributed by atoms with Crippen LogP contribution in [0.3, 0.4) is 0 Å². The third-order valence-electron chi connectivity index (χ3n) is 5.11. The molecule has 18 heavy (non-hydrogen) atoms. The lowest BCUT2D eigenvalue weighted by atomic mass is 9.85. The maximum atomic E-state index is 3.86. The van der Waals surface area contributed by atoms with E-state index in [1.807, 2.05) is 0 Å². The van der Waals surface area contributed by atoms with E-state index in [1.54, 1.807) is 0 Å². The topological polar surface area (TPSA) is 15.3 Å². The predicted molar refractivity (Wildman–Crippen MR) is 81.0 cm³/mol. The zero-order chi connectivity index (χ0) is 13.6. The largest absolute Gasteiger partial charge is 0.308 e. The molecule has 0 saturated carbocycles. The van der Waals surface area contributed by atoms with E-state index in [2.05, 4.69) is 44.8 Å². The van der Waals surface area contributed by atoms with Gasteiger partial charge in [0.25, 0.3) is 0 Å². The smallest absolute Gasteiger partial charge is 0.0304 e. The molecule has 0 aromatic heterocycles. The normalized spacial score (nSPS) is 26.2. The molecule has 2 nitrogen and oxygen atoms in total. The van der Waals surface area contributed by atoms with Gasteiger partial charge in [-0.3, -0.25) is 4.90 Å². The van der Waals surface area contributed by atoms with E-state index in [-0.39, 0.29) is 0 Å². The fourth-order valence-corrected chi connectivity index (χ4v) is 3.17.